The largest absolute Gasteiger partial charge is 0.370 e. The molecule has 0 atom stereocenters. The molecular weight excluding hydrogens is 250 g/mol. The fourth-order valence-electron chi connectivity index (χ4n) is 2.21. The highest BCUT2D eigenvalue weighted by atomic mass is 15.0. The summed E-state index contributed by atoms with van der Waals surface area (Å²) in [6.45, 7) is 3.04. The van der Waals surface area contributed by atoms with E-state index in [1.54, 1.807) is 6.33 Å². The van der Waals surface area contributed by atoms with Crippen LogP contribution in [0.25, 0.3) is 11.3 Å². The van der Waals surface area contributed by atoms with Crippen molar-refractivity contribution in [2.24, 2.45) is 0 Å². The van der Waals surface area contributed by atoms with Crippen molar-refractivity contribution in [3.8, 4) is 11.3 Å². The van der Waals surface area contributed by atoms with Crippen LogP contribution in [0.5, 0.6) is 0 Å². The molecule has 0 spiro atoms. The lowest BCUT2D eigenvalue weighted by Gasteiger charge is -2.23. The summed E-state index contributed by atoms with van der Waals surface area (Å²) in [5, 5.41) is 3.26. The molecule has 5 heteroatoms. The van der Waals surface area contributed by atoms with Gasteiger partial charge in [0.15, 0.2) is 0 Å². The van der Waals surface area contributed by atoms with Crippen LogP contribution in [-0.2, 0) is 0 Å². The topological polar surface area (TPSA) is 63.6 Å². The van der Waals surface area contributed by atoms with Crippen molar-refractivity contribution in [2.45, 2.75) is 38.5 Å². The third kappa shape index (κ3) is 2.76. The Hall–Kier alpha value is -2.04. The van der Waals surface area contributed by atoms with Gasteiger partial charge in [-0.2, -0.15) is 0 Å². The van der Waals surface area contributed by atoms with Crippen molar-refractivity contribution in [1.29, 1.82) is 0 Å². The van der Waals surface area contributed by atoms with E-state index < -0.39 is 0 Å². The zero-order valence-corrected chi connectivity index (χ0v) is 11.7. The Bertz CT molecular complexity index is 563. The minimum atomic E-state index is 0.566. The fourth-order valence-corrected chi connectivity index (χ4v) is 2.21. The van der Waals surface area contributed by atoms with E-state index in [1.807, 2.05) is 18.5 Å². The van der Waals surface area contributed by atoms with Crippen molar-refractivity contribution in [1.82, 2.24) is 19.9 Å². The SMILES string of the molecule is CCCNc1cc(-c2cnc(C3CCC3)nc2)ncn1. The van der Waals surface area contributed by atoms with Gasteiger partial charge in [0.1, 0.15) is 18.0 Å². The second kappa shape index (κ2) is 5.94. The Morgan fingerprint density at radius 3 is 2.60 bits per heavy atom. The normalized spacial score (nSPS) is 14.8. The molecule has 3 rings (SSSR count). The molecule has 1 saturated carbocycles. The molecule has 20 heavy (non-hydrogen) atoms. The lowest BCUT2D eigenvalue weighted by Crippen LogP contribution is -2.12. The fraction of sp³-hybridized carbons (Fsp3) is 0.467. The van der Waals surface area contributed by atoms with Gasteiger partial charge in [0, 0.05) is 36.5 Å². The van der Waals surface area contributed by atoms with E-state index in [0.29, 0.717) is 5.92 Å². The van der Waals surface area contributed by atoms with E-state index >= 15 is 0 Å². The first-order valence-corrected chi connectivity index (χ1v) is 7.25. The van der Waals surface area contributed by atoms with Crippen LogP contribution in [0.15, 0.2) is 24.8 Å². The molecule has 5 nitrogen and oxygen atoms in total. The van der Waals surface area contributed by atoms with Crippen molar-refractivity contribution < 1.29 is 0 Å². The molecule has 0 radical (unpaired) electrons. The van der Waals surface area contributed by atoms with Crippen LogP contribution in [-0.4, -0.2) is 26.5 Å². The summed E-state index contributed by atoms with van der Waals surface area (Å²) in [6.07, 6.45) is 10.1. The summed E-state index contributed by atoms with van der Waals surface area (Å²) in [7, 11) is 0. The average molecular weight is 269 g/mol. The maximum atomic E-state index is 4.48. The van der Waals surface area contributed by atoms with Gasteiger partial charge in [0.2, 0.25) is 0 Å². The molecule has 1 N–H and O–H groups in total. The number of hydrogen-bond donors (Lipinski definition) is 1. The predicted octanol–water partition coefficient (Wildman–Crippen LogP) is 3.02. The van der Waals surface area contributed by atoms with Gasteiger partial charge in [-0.15, -0.1) is 0 Å². The molecule has 2 heterocycles. The van der Waals surface area contributed by atoms with Gasteiger partial charge < -0.3 is 5.32 Å². The van der Waals surface area contributed by atoms with Crippen LogP contribution < -0.4 is 5.32 Å². The van der Waals surface area contributed by atoms with E-state index in [0.717, 1.165) is 35.9 Å². The number of hydrogen-bond acceptors (Lipinski definition) is 5. The number of nitrogens with zero attached hydrogens (tertiary/aromatic N) is 4. The quantitative estimate of drug-likeness (QED) is 0.904. The predicted molar refractivity (Wildman–Crippen MR) is 78.4 cm³/mol. The number of nitrogens with one attached hydrogen (secondary N) is 1. The van der Waals surface area contributed by atoms with E-state index in [-0.39, 0.29) is 0 Å². The van der Waals surface area contributed by atoms with E-state index in [9.17, 15) is 0 Å². The van der Waals surface area contributed by atoms with Crippen molar-refractivity contribution in [2.75, 3.05) is 11.9 Å². The molecule has 1 aliphatic carbocycles. The molecule has 2 aromatic heterocycles. The van der Waals surface area contributed by atoms with Crippen LogP contribution in [0.3, 0.4) is 0 Å². The van der Waals surface area contributed by atoms with Gasteiger partial charge in [0.05, 0.1) is 5.69 Å². The molecule has 2 aromatic rings. The first-order valence-electron chi connectivity index (χ1n) is 7.25. The smallest absolute Gasteiger partial charge is 0.131 e. The van der Waals surface area contributed by atoms with Crippen LogP contribution in [0, 0.1) is 0 Å². The van der Waals surface area contributed by atoms with E-state index in [1.165, 1.54) is 19.3 Å². The molecule has 0 amide bonds. The Kier molecular flexibility index (Phi) is 3.85. The monoisotopic (exact) mass is 269 g/mol. The molecule has 0 aromatic carbocycles. The summed E-state index contributed by atoms with van der Waals surface area (Å²) in [5.74, 6) is 2.38. The molecule has 1 aliphatic rings. The van der Waals surface area contributed by atoms with Crippen LogP contribution in [0.1, 0.15) is 44.3 Å². The summed E-state index contributed by atoms with van der Waals surface area (Å²) < 4.78 is 0. The molecule has 0 saturated heterocycles. The molecule has 1 fully saturated rings. The van der Waals surface area contributed by atoms with Gasteiger partial charge in [0.25, 0.3) is 0 Å². The zero-order chi connectivity index (χ0) is 13.8. The summed E-state index contributed by atoms with van der Waals surface area (Å²) >= 11 is 0. The van der Waals surface area contributed by atoms with E-state index in [2.05, 4.69) is 32.2 Å². The minimum Gasteiger partial charge on any atom is -0.370 e. The standard InChI is InChI=1S/C15H19N5/c1-2-6-16-14-7-13(19-10-20-14)12-8-17-15(18-9-12)11-4-3-5-11/h7-11H,2-6H2,1H3,(H,16,19,20). The highest BCUT2D eigenvalue weighted by Gasteiger charge is 2.21. The van der Waals surface area contributed by atoms with Crippen molar-refractivity contribution in [3.05, 3.63) is 30.6 Å². The molecular formula is C15H19N5. The van der Waals surface area contributed by atoms with Crippen LogP contribution in [0.4, 0.5) is 5.82 Å². The Morgan fingerprint density at radius 2 is 1.95 bits per heavy atom. The first kappa shape index (κ1) is 13.0. The Morgan fingerprint density at radius 1 is 1.15 bits per heavy atom. The molecule has 0 unspecified atom stereocenters. The van der Waals surface area contributed by atoms with Crippen LogP contribution in [0.2, 0.25) is 0 Å². The number of anilines is 1. The average Bonchev–Trinajstić information content (AvgIpc) is 2.44. The maximum absolute atomic E-state index is 4.48. The van der Waals surface area contributed by atoms with Gasteiger partial charge in [-0.1, -0.05) is 13.3 Å². The van der Waals surface area contributed by atoms with Crippen molar-refractivity contribution in [3.63, 3.8) is 0 Å². The second-order valence-electron chi connectivity index (χ2n) is 5.17. The third-order valence-electron chi connectivity index (χ3n) is 3.66. The number of aromatic nitrogens is 4. The Labute approximate surface area is 118 Å². The second-order valence-corrected chi connectivity index (χ2v) is 5.17. The molecule has 104 valence electrons. The van der Waals surface area contributed by atoms with E-state index in [4.69, 9.17) is 0 Å². The third-order valence-corrected chi connectivity index (χ3v) is 3.66. The van der Waals surface area contributed by atoms with Gasteiger partial charge in [-0.05, 0) is 19.3 Å². The maximum Gasteiger partial charge on any atom is 0.131 e. The molecule has 0 aliphatic heterocycles. The zero-order valence-electron chi connectivity index (χ0n) is 11.7. The highest BCUT2D eigenvalue weighted by molar-refractivity contribution is 5.60. The lowest BCUT2D eigenvalue weighted by atomic mass is 9.85. The summed E-state index contributed by atoms with van der Waals surface area (Å²) in [5.41, 5.74) is 1.80. The summed E-state index contributed by atoms with van der Waals surface area (Å²) in [4.78, 5) is 17.5. The first-order chi connectivity index (χ1) is 9.86. The minimum absolute atomic E-state index is 0.566. The number of rotatable bonds is 5. The Balaban J connectivity index is 1.77. The van der Waals surface area contributed by atoms with Crippen LogP contribution >= 0.6 is 0 Å². The molecule has 0 bridgehead atoms. The van der Waals surface area contributed by atoms with Gasteiger partial charge >= 0.3 is 0 Å². The van der Waals surface area contributed by atoms with Gasteiger partial charge in [-0.25, -0.2) is 19.9 Å². The van der Waals surface area contributed by atoms with Gasteiger partial charge in [-0.3, -0.25) is 0 Å². The highest BCUT2D eigenvalue weighted by Crippen LogP contribution is 2.34. The summed E-state index contributed by atoms with van der Waals surface area (Å²) in [6, 6.07) is 1.94. The van der Waals surface area contributed by atoms with Crippen molar-refractivity contribution >= 4 is 5.82 Å². The lowest BCUT2D eigenvalue weighted by molar-refractivity contribution is 0.401.